The van der Waals surface area contributed by atoms with Crippen molar-refractivity contribution < 1.29 is 32.4 Å². The van der Waals surface area contributed by atoms with Crippen molar-refractivity contribution in [3.8, 4) is 0 Å². The van der Waals surface area contributed by atoms with Gasteiger partial charge in [-0.05, 0) is 42.5 Å². The lowest BCUT2D eigenvalue weighted by atomic mass is 10.0. The van der Waals surface area contributed by atoms with Crippen LogP contribution in [-0.2, 0) is 20.3 Å². The van der Waals surface area contributed by atoms with Gasteiger partial charge in [-0.1, -0.05) is 18.5 Å². The molecular weight excluding hydrogens is 490 g/mol. The third kappa shape index (κ3) is 6.74. The standard InChI is InChI=1S/C23H25ClF2N2O5S/c1-15(14-33-23(31)28-10-8-27(9-11-28)13-21(29)30)22(19-12-17(25)4-7-20(19)26)34(32)18-5-2-16(24)3-6-18/h2-7,12,15,22H,8-11,13-14H2,1H3,(H,29,30)/t15-,22+,34?/m1/s1. The van der Waals surface area contributed by atoms with E-state index < -0.39 is 45.7 Å². The third-order valence-corrected chi connectivity index (χ3v) is 7.69. The molecule has 0 spiro atoms. The van der Waals surface area contributed by atoms with Gasteiger partial charge in [0.15, 0.2) is 0 Å². The summed E-state index contributed by atoms with van der Waals surface area (Å²) >= 11 is 5.91. The lowest BCUT2D eigenvalue weighted by Crippen LogP contribution is -2.50. The van der Waals surface area contributed by atoms with Crippen LogP contribution in [0.1, 0.15) is 17.7 Å². The van der Waals surface area contributed by atoms with Crippen molar-refractivity contribution >= 4 is 34.5 Å². The van der Waals surface area contributed by atoms with E-state index in [4.69, 9.17) is 21.4 Å². The minimum absolute atomic E-state index is 0.0703. The first-order valence-corrected chi connectivity index (χ1v) is 12.2. The fourth-order valence-electron chi connectivity index (χ4n) is 3.74. The number of hydrogen-bond donors (Lipinski definition) is 1. The molecule has 34 heavy (non-hydrogen) atoms. The topological polar surface area (TPSA) is 87.2 Å². The van der Waals surface area contributed by atoms with Crippen LogP contribution in [-0.4, -0.2) is 70.5 Å². The summed E-state index contributed by atoms with van der Waals surface area (Å²) in [7, 11) is -1.79. The van der Waals surface area contributed by atoms with Crippen LogP contribution in [0.25, 0.3) is 0 Å². The monoisotopic (exact) mass is 514 g/mol. The van der Waals surface area contributed by atoms with Gasteiger partial charge in [0.1, 0.15) is 11.6 Å². The number of hydrogen-bond acceptors (Lipinski definition) is 5. The van der Waals surface area contributed by atoms with Crippen molar-refractivity contribution in [3.63, 3.8) is 0 Å². The molecule has 7 nitrogen and oxygen atoms in total. The lowest BCUT2D eigenvalue weighted by Gasteiger charge is -2.33. The number of carboxylic acids is 1. The first-order valence-electron chi connectivity index (χ1n) is 10.6. The number of carbonyl (C=O) groups excluding carboxylic acids is 1. The molecule has 3 rings (SSSR count). The van der Waals surface area contributed by atoms with Crippen LogP contribution in [0.15, 0.2) is 47.4 Å². The maximum absolute atomic E-state index is 14.7. The van der Waals surface area contributed by atoms with Crippen molar-refractivity contribution in [2.75, 3.05) is 39.3 Å². The molecule has 0 saturated carbocycles. The van der Waals surface area contributed by atoms with Gasteiger partial charge >= 0.3 is 12.1 Å². The fourth-order valence-corrected chi connectivity index (χ4v) is 5.48. The predicted octanol–water partition coefficient (Wildman–Crippen LogP) is 3.94. The molecule has 1 saturated heterocycles. The van der Waals surface area contributed by atoms with Crippen molar-refractivity contribution in [2.45, 2.75) is 17.1 Å². The maximum atomic E-state index is 14.7. The zero-order chi connectivity index (χ0) is 24.8. The Kier molecular flexibility index (Phi) is 8.98. The number of benzene rings is 2. The van der Waals surface area contributed by atoms with Gasteiger partial charge in [0.25, 0.3) is 0 Å². The second-order valence-electron chi connectivity index (χ2n) is 8.05. The van der Waals surface area contributed by atoms with Crippen LogP contribution < -0.4 is 0 Å². The van der Waals surface area contributed by atoms with Crippen molar-refractivity contribution in [1.29, 1.82) is 0 Å². The predicted molar refractivity (Wildman–Crippen MR) is 123 cm³/mol. The Balaban J connectivity index is 1.72. The van der Waals surface area contributed by atoms with Crippen LogP contribution in [0.5, 0.6) is 0 Å². The summed E-state index contributed by atoms with van der Waals surface area (Å²) < 4.78 is 47.4. The van der Waals surface area contributed by atoms with Crippen molar-refractivity contribution in [2.24, 2.45) is 5.92 Å². The first-order chi connectivity index (χ1) is 16.2. The van der Waals surface area contributed by atoms with Gasteiger partial charge in [-0.3, -0.25) is 13.9 Å². The quantitative estimate of drug-likeness (QED) is 0.574. The van der Waals surface area contributed by atoms with Gasteiger partial charge in [0, 0.05) is 47.6 Å². The number of carbonyl (C=O) groups is 2. The molecule has 1 heterocycles. The van der Waals surface area contributed by atoms with Crippen LogP contribution in [0.3, 0.4) is 0 Å². The van der Waals surface area contributed by atoms with Crippen LogP contribution in [0.2, 0.25) is 5.02 Å². The van der Waals surface area contributed by atoms with E-state index in [1.54, 1.807) is 36.1 Å². The highest BCUT2D eigenvalue weighted by atomic mass is 35.5. The molecule has 1 amide bonds. The first kappa shape index (κ1) is 26.1. The van der Waals surface area contributed by atoms with Gasteiger partial charge in [-0.2, -0.15) is 0 Å². The Hall–Kier alpha value is -2.56. The summed E-state index contributed by atoms with van der Waals surface area (Å²) in [5.41, 5.74) is -0.0703. The van der Waals surface area contributed by atoms with E-state index in [0.29, 0.717) is 36.1 Å². The van der Waals surface area contributed by atoms with E-state index in [1.807, 2.05) is 0 Å². The molecule has 1 fully saturated rings. The highest BCUT2D eigenvalue weighted by molar-refractivity contribution is 7.85. The van der Waals surface area contributed by atoms with Crippen molar-refractivity contribution in [3.05, 3.63) is 64.7 Å². The van der Waals surface area contributed by atoms with Gasteiger partial charge in [0.2, 0.25) is 0 Å². The summed E-state index contributed by atoms with van der Waals surface area (Å²) in [6.07, 6.45) is -0.599. The third-order valence-electron chi connectivity index (χ3n) is 5.52. The Bertz CT molecular complexity index is 1050. The SMILES string of the molecule is C[C@H](COC(=O)N1CCN(CC(=O)O)CC1)[C@@H](c1cc(F)ccc1F)S(=O)c1ccc(Cl)cc1. The molecular formula is C23H25ClF2N2O5S. The zero-order valence-electron chi connectivity index (χ0n) is 18.5. The van der Waals surface area contributed by atoms with E-state index in [9.17, 15) is 22.6 Å². The summed E-state index contributed by atoms with van der Waals surface area (Å²) in [6.45, 7) is 2.79. The highest BCUT2D eigenvalue weighted by Crippen LogP contribution is 2.35. The van der Waals surface area contributed by atoms with E-state index in [1.165, 1.54) is 4.90 Å². The fraction of sp³-hybridized carbons (Fsp3) is 0.391. The molecule has 0 radical (unpaired) electrons. The maximum Gasteiger partial charge on any atom is 0.409 e. The van der Waals surface area contributed by atoms with Gasteiger partial charge in [-0.25, -0.2) is 13.6 Å². The molecule has 2 aromatic carbocycles. The smallest absolute Gasteiger partial charge is 0.409 e. The highest BCUT2D eigenvalue weighted by Gasteiger charge is 2.31. The zero-order valence-corrected chi connectivity index (χ0v) is 20.0. The second kappa shape index (κ2) is 11.7. The summed E-state index contributed by atoms with van der Waals surface area (Å²) in [5.74, 6) is -2.93. The Labute approximate surface area is 203 Å². The van der Waals surface area contributed by atoms with Crippen LogP contribution >= 0.6 is 11.6 Å². The minimum Gasteiger partial charge on any atom is -0.480 e. The summed E-state index contributed by atoms with van der Waals surface area (Å²) in [5, 5.41) is 8.34. The molecule has 1 aliphatic heterocycles. The number of carboxylic acid groups (broad SMARTS) is 1. The minimum atomic E-state index is -1.79. The van der Waals surface area contributed by atoms with Gasteiger partial charge in [0.05, 0.1) is 29.2 Å². The number of nitrogens with zero attached hydrogens (tertiary/aromatic N) is 2. The Morgan fingerprint density at radius 1 is 1.12 bits per heavy atom. The number of rotatable bonds is 8. The van der Waals surface area contributed by atoms with E-state index >= 15 is 0 Å². The van der Waals surface area contributed by atoms with E-state index in [2.05, 4.69) is 0 Å². The molecule has 2 aromatic rings. The number of aliphatic carboxylic acids is 1. The largest absolute Gasteiger partial charge is 0.480 e. The normalized spacial score (nSPS) is 17.1. The van der Waals surface area contributed by atoms with Crippen LogP contribution in [0.4, 0.5) is 13.6 Å². The average Bonchev–Trinajstić information content (AvgIpc) is 2.80. The number of ether oxygens (including phenoxy) is 1. The Morgan fingerprint density at radius 2 is 1.76 bits per heavy atom. The molecule has 1 aliphatic rings. The number of amides is 1. The molecule has 0 aromatic heterocycles. The van der Waals surface area contributed by atoms with Gasteiger partial charge in [-0.15, -0.1) is 0 Å². The lowest BCUT2D eigenvalue weighted by molar-refractivity contribution is -0.138. The van der Waals surface area contributed by atoms with Crippen molar-refractivity contribution in [1.82, 2.24) is 9.80 Å². The summed E-state index contributed by atoms with van der Waals surface area (Å²) in [4.78, 5) is 26.9. The molecule has 3 atom stereocenters. The molecule has 11 heteroatoms. The molecule has 0 aliphatic carbocycles. The van der Waals surface area contributed by atoms with E-state index in [0.717, 1.165) is 18.2 Å². The van der Waals surface area contributed by atoms with Crippen LogP contribution in [0, 0.1) is 17.6 Å². The molecule has 0 bridgehead atoms. The summed E-state index contributed by atoms with van der Waals surface area (Å²) in [6, 6.07) is 9.19. The van der Waals surface area contributed by atoms with Gasteiger partial charge < -0.3 is 14.7 Å². The number of piperazine rings is 1. The average molecular weight is 515 g/mol. The molecule has 184 valence electrons. The molecule has 1 unspecified atom stereocenters. The Morgan fingerprint density at radius 3 is 2.38 bits per heavy atom. The number of halogens is 3. The molecule has 1 N–H and O–H groups in total. The second-order valence-corrected chi connectivity index (χ2v) is 10.1. The van der Waals surface area contributed by atoms with E-state index in [-0.39, 0.29) is 18.7 Å².